The van der Waals surface area contributed by atoms with Gasteiger partial charge in [0.25, 0.3) is 0 Å². The maximum atomic E-state index is 4.00. The molecule has 0 saturated heterocycles. The molecular formula is C37H30N2S. The molecule has 2 heterocycles. The third kappa shape index (κ3) is 3.81. The Hall–Kier alpha value is -4.47. The van der Waals surface area contributed by atoms with Gasteiger partial charge in [0, 0.05) is 44.4 Å². The van der Waals surface area contributed by atoms with Gasteiger partial charge in [0.2, 0.25) is 0 Å². The summed E-state index contributed by atoms with van der Waals surface area (Å²) < 4.78 is 2.36. The van der Waals surface area contributed by atoms with Gasteiger partial charge in [-0.05, 0) is 65.2 Å². The standard InChI is InChI=1S/C37H30N2S/c1-4-6-14-27(12-5-2)39-31-18-9-10-19-34(31)40-35-24-26(21-22-32(35)39)29-16-11-17-30-36-28-15-8-7-13-25(28)20-23-33(36)38(3)37(29)30/h5-24H,2,4H2,1,3H3/b14-6-,27-12+. The molecule has 5 aromatic carbocycles. The zero-order chi connectivity index (χ0) is 27.2. The lowest BCUT2D eigenvalue weighted by atomic mass is 9.99. The Kier molecular flexibility index (Phi) is 6.10. The first-order valence-electron chi connectivity index (χ1n) is 13.8. The number of rotatable bonds is 5. The van der Waals surface area contributed by atoms with Gasteiger partial charge in [-0.1, -0.05) is 104 Å². The van der Waals surface area contributed by atoms with E-state index >= 15 is 0 Å². The second-order valence-electron chi connectivity index (χ2n) is 10.2. The topological polar surface area (TPSA) is 8.17 Å². The number of aryl methyl sites for hydroxylation is 1. The van der Waals surface area contributed by atoms with Crippen LogP contribution in [0.3, 0.4) is 0 Å². The first kappa shape index (κ1) is 24.6. The first-order chi connectivity index (χ1) is 19.7. The molecule has 0 unspecified atom stereocenters. The van der Waals surface area contributed by atoms with Crippen molar-refractivity contribution in [3.63, 3.8) is 0 Å². The number of benzene rings is 5. The van der Waals surface area contributed by atoms with E-state index in [2.05, 4.69) is 145 Å². The Labute approximate surface area is 239 Å². The van der Waals surface area contributed by atoms with E-state index in [-0.39, 0.29) is 0 Å². The summed E-state index contributed by atoms with van der Waals surface area (Å²) >= 11 is 1.85. The van der Waals surface area contributed by atoms with E-state index in [1.165, 1.54) is 64.9 Å². The van der Waals surface area contributed by atoms with E-state index < -0.39 is 0 Å². The summed E-state index contributed by atoms with van der Waals surface area (Å²) in [6, 6.07) is 35.5. The van der Waals surface area contributed by atoms with Gasteiger partial charge in [-0.2, -0.15) is 0 Å². The van der Waals surface area contributed by atoms with Crippen LogP contribution in [0.1, 0.15) is 13.3 Å². The summed E-state index contributed by atoms with van der Waals surface area (Å²) in [4.78, 5) is 4.86. The van der Waals surface area contributed by atoms with Crippen molar-refractivity contribution < 1.29 is 0 Å². The second-order valence-corrected chi connectivity index (χ2v) is 11.3. The van der Waals surface area contributed by atoms with Gasteiger partial charge in [-0.3, -0.25) is 0 Å². The molecule has 0 aliphatic carbocycles. The lowest BCUT2D eigenvalue weighted by molar-refractivity contribution is 1.02. The number of nitrogens with zero attached hydrogens (tertiary/aromatic N) is 2. The zero-order valence-electron chi connectivity index (χ0n) is 22.8. The van der Waals surface area contributed by atoms with E-state index in [1.54, 1.807) is 0 Å². The maximum absolute atomic E-state index is 4.00. The SMILES string of the molecule is C=C/C=C(\C=C/CC)N1c2ccccc2Sc2cc(-c3cccc4c5c6ccccc6ccc5n(C)c34)ccc21. The number of aromatic nitrogens is 1. The van der Waals surface area contributed by atoms with Gasteiger partial charge in [-0.15, -0.1) is 0 Å². The highest BCUT2D eigenvalue weighted by Crippen LogP contribution is 2.51. The van der Waals surface area contributed by atoms with Crippen molar-refractivity contribution in [3.8, 4) is 11.1 Å². The summed E-state index contributed by atoms with van der Waals surface area (Å²) in [5.41, 5.74) is 8.51. The van der Waals surface area contributed by atoms with Crippen molar-refractivity contribution >= 4 is 55.7 Å². The van der Waals surface area contributed by atoms with Crippen LogP contribution in [0, 0.1) is 0 Å². The number of para-hydroxylation sites is 2. The maximum Gasteiger partial charge on any atom is 0.0602 e. The Morgan fingerprint density at radius 1 is 0.825 bits per heavy atom. The number of hydrogen-bond donors (Lipinski definition) is 0. The van der Waals surface area contributed by atoms with Crippen LogP contribution in [0.25, 0.3) is 43.7 Å². The molecule has 0 amide bonds. The third-order valence-corrected chi connectivity index (χ3v) is 8.93. The smallest absolute Gasteiger partial charge is 0.0602 e. The normalized spacial score (nSPS) is 13.3. The highest BCUT2D eigenvalue weighted by atomic mass is 32.2. The summed E-state index contributed by atoms with van der Waals surface area (Å²) in [7, 11) is 2.19. The first-order valence-corrected chi connectivity index (χ1v) is 14.6. The number of allylic oxidation sites excluding steroid dienone is 4. The fourth-order valence-corrected chi connectivity index (χ4v) is 7.15. The summed E-state index contributed by atoms with van der Waals surface area (Å²) in [6.45, 7) is 6.16. The molecule has 0 fully saturated rings. The molecule has 0 spiro atoms. The van der Waals surface area contributed by atoms with E-state index in [1.807, 2.05) is 17.8 Å². The molecule has 0 N–H and O–H groups in total. The fraction of sp³-hybridized carbons (Fsp3) is 0.0811. The van der Waals surface area contributed by atoms with Gasteiger partial charge in [0.1, 0.15) is 0 Å². The molecule has 6 aromatic rings. The van der Waals surface area contributed by atoms with Crippen LogP contribution < -0.4 is 4.90 Å². The molecule has 1 aliphatic rings. The van der Waals surface area contributed by atoms with Crippen LogP contribution >= 0.6 is 11.8 Å². The van der Waals surface area contributed by atoms with Crippen molar-refractivity contribution in [2.45, 2.75) is 23.1 Å². The monoisotopic (exact) mass is 534 g/mol. The number of hydrogen-bond acceptors (Lipinski definition) is 2. The van der Waals surface area contributed by atoms with Crippen molar-refractivity contribution in [1.29, 1.82) is 0 Å². The lowest BCUT2D eigenvalue weighted by Gasteiger charge is -2.34. The quantitative estimate of drug-likeness (QED) is 0.203. The third-order valence-electron chi connectivity index (χ3n) is 7.82. The highest BCUT2D eigenvalue weighted by Gasteiger charge is 2.26. The molecule has 1 aliphatic heterocycles. The molecule has 7 rings (SSSR count). The van der Waals surface area contributed by atoms with Gasteiger partial charge < -0.3 is 9.47 Å². The van der Waals surface area contributed by atoms with E-state index in [9.17, 15) is 0 Å². The summed E-state index contributed by atoms with van der Waals surface area (Å²) in [5, 5.41) is 5.20. The summed E-state index contributed by atoms with van der Waals surface area (Å²) in [5.74, 6) is 0. The molecule has 0 saturated carbocycles. The highest BCUT2D eigenvalue weighted by molar-refractivity contribution is 7.99. The van der Waals surface area contributed by atoms with Crippen LogP contribution in [0.2, 0.25) is 0 Å². The van der Waals surface area contributed by atoms with E-state index in [0.29, 0.717) is 0 Å². The number of fused-ring (bicyclic) bond motifs is 7. The van der Waals surface area contributed by atoms with E-state index in [4.69, 9.17) is 0 Å². The Morgan fingerprint density at radius 2 is 1.62 bits per heavy atom. The van der Waals surface area contributed by atoms with Crippen molar-refractivity contribution in [1.82, 2.24) is 4.57 Å². The van der Waals surface area contributed by atoms with E-state index in [0.717, 1.165) is 12.1 Å². The van der Waals surface area contributed by atoms with Gasteiger partial charge in [0.05, 0.1) is 16.9 Å². The van der Waals surface area contributed by atoms with Crippen LogP contribution in [-0.2, 0) is 7.05 Å². The molecule has 2 nitrogen and oxygen atoms in total. The Morgan fingerprint density at radius 3 is 2.50 bits per heavy atom. The minimum Gasteiger partial charge on any atom is -0.343 e. The van der Waals surface area contributed by atoms with Crippen LogP contribution in [0.5, 0.6) is 0 Å². The van der Waals surface area contributed by atoms with Gasteiger partial charge in [-0.25, -0.2) is 0 Å². The fourth-order valence-electron chi connectivity index (χ4n) is 6.05. The molecule has 0 atom stereocenters. The molecule has 194 valence electrons. The average Bonchev–Trinajstić information content (AvgIpc) is 3.30. The van der Waals surface area contributed by atoms with Crippen molar-refractivity contribution in [2.75, 3.05) is 4.90 Å². The predicted octanol–water partition coefficient (Wildman–Crippen LogP) is 10.8. The minimum atomic E-state index is 0.981. The molecule has 0 bridgehead atoms. The lowest BCUT2D eigenvalue weighted by Crippen LogP contribution is -2.19. The van der Waals surface area contributed by atoms with Gasteiger partial charge in [0.15, 0.2) is 0 Å². The van der Waals surface area contributed by atoms with Crippen molar-refractivity contribution in [3.05, 3.63) is 134 Å². The van der Waals surface area contributed by atoms with Crippen LogP contribution in [0.15, 0.2) is 143 Å². The van der Waals surface area contributed by atoms with Gasteiger partial charge >= 0.3 is 0 Å². The Balaban J connectivity index is 1.44. The molecule has 40 heavy (non-hydrogen) atoms. The largest absolute Gasteiger partial charge is 0.343 e. The zero-order valence-corrected chi connectivity index (χ0v) is 23.6. The van der Waals surface area contributed by atoms with Crippen LogP contribution in [-0.4, -0.2) is 4.57 Å². The molecule has 0 radical (unpaired) electrons. The Bertz CT molecular complexity index is 2010. The molecular weight excluding hydrogens is 504 g/mol. The molecule has 3 heteroatoms. The average molecular weight is 535 g/mol. The second kappa shape index (κ2) is 9.93. The number of anilines is 2. The predicted molar refractivity (Wildman–Crippen MR) is 174 cm³/mol. The summed E-state index contributed by atoms with van der Waals surface area (Å²) in [6.07, 6.45) is 9.36. The minimum absolute atomic E-state index is 0.981. The molecule has 1 aromatic heterocycles. The van der Waals surface area contributed by atoms with Crippen molar-refractivity contribution in [2.24, 2.45) is 7.05 Å². The van der Waals surface area contributed by atoms with Crippen LogP contribution in [0.4, 0.5) is 11.4 Å².